The second-order valence-electron chi connectivity index (χ2n) is 7.55. The Bertz CT molecular complexity index is 466. The minimum atomic E-state index is -0.612. The topological polar surface area (TPSA) is 72.9 Å². The maximum Gasteiger partial charge on any atom is 0.239 e. The Kier molecular flexibility index (Phi) is 4.92. The summed E-state index contributed by atoms with van der Waals surface area (Å²) < 4.78 is 0. The van der Waals surface area contributed by atoms with E-state index in [9.17, 15) is 14.7 Å². The summed E-state index contributed by atoms with van der Waals surface area (Å²) in [4.78, 5) is 27.9. The van der Waals surface area contributed by atoms with E-state index in [1.54, 1.807) is 4.90 Å². The molecule has 1 saturated carbocycles. The lowest BCUT2D eigenvalue weighted by Crippen LogP contribution is -2.54. The van der Waals surface area contributed by atoms with Gasteiger partial charge in [-0.15, -0.1) is 0 Å². The van der Waals surface area contributed by atoms with E-state index in [1.807, 2.05) is 6.92 Å². The highest BCUT2D eigenvalue weighted by Gasteiger charge is 2.43. The third kappa shape index (κ3) is 3.69. The molecule has 3 aliphatic rings. The molecule has 1 aliphatic carbocycles. The average molecular weight is 323 g/mol. The molecular formula is C17H29N3O3. The fraction of sp³-hybridized carbons (Fsp3) is 0.882. The molecule has 3 rings (SSSR count). The number of rotatable bonds is 3. The van der Waals surface area contributed by atoms with Crippen LogP contribution >= 0.6 is 0 Å². The van der Waals surface area contributed by atoms with Crippen molar-refractivity contribution in [3.63, 3.8) is 0 Å². The Morgan fingerprint density at radius 3 is 2.87 bits per heavy atom. The summed E-state index contributed by atoms with van der Waals surface area (Å²) in [5, 5.41) is 13.5. The standard InChI is InChI=1S/C17H29N3O3/c1-17(23)7-3-2-5-13(17)14-6-4-9-19(14)12-16(22)20-10-8-18-15(21)11-20/h13-14,23H,2-12H2,1H3,(H,18,21)/t13-,14+,17-/m0/s1. The number of amides is 2. The van der Waals surface area contributed by atoms with Gasteiger partial charge in [-0.1, -0.05) is 12.8 Å². The zero-order valence-electron chi connectivity index (χ0n) is 14.1. The van der Waals surface area contributed by atoms with Gasteiger partial charge < -0.3 is 15.3 Å². The number of aliphatic hydroxyl groups is 1. The van der Waals surface area contributed by atoms with E-state index in [0.29, 0.717) is 25.7 Å². The summed E-state index contributed by atoms with van der Waals surface area (Å²) in [5.74, 6) is 0.233. The second kappa shape index (κ2) is 6.77. The number of likely N-dealkylation sites (tertiary alicyclic amines) is 1. The molecule has 0 spiro atoms. The second-order valence-corrected chi connectivity index (χ2v) is 7.55. The fourth-order valence-electron chi connectivity index (χ4n) is 4.58. The Hall–Kier alpha value is -1.14. The fourth-order valence-corrected chi connectivity index (χ4v) is 4.58. The van der Waals surface area contributed by atoms with Gasteiger partial charge in [0, 0.05) is 25.0 Å². The van der Waals surface area contributed by atoms with Crippen LogP contribution in [0.25, 0.3) is 0 Å². The number of hydrogen-bond acceptors (Lipinski definition) is 4. The predicted molar refractivity (Wildman–Crippen MR) is 86.8 cm³/mol. The van der Waals surface area contributed by atoms with Crippen LogP contribution in [-0.2, 0) is 9.59 Å². The molecule has 2 N–H and O–H groups in total. The molecule has 6 heteroatoms. The Balaban J connectivity index is 1.62. The lowest BCUT2D eigenvalue weighted by atomic mass is 9.72. The van der Waals surface area contributed by atoms with Crippen LogP contribution in [0.3, 0.4) is 0 Å². The Labute approximate surface area is 138 Å². The van der Waals surface area contributed by atoms with Gasteiger partial charge in [0.2, 0.25) is 11.8 Å². The molecule has 0 unspecified atom stereocenters. The quantitative estimate of drug-likeness (QED) is 0.786. The number of nitrogens with zero attached hydrogens (tertiary/aromatic N) is 2. The van der Waals surface area contributed by atoms with Crippen LogP contribution in [-0.4, -0.2) is 71.1 Å². The van der Waals surface area contributed by atoms with Gasteiger partial charge in [0.15, 0.2) is 0 Å². The molecule has 23 heavy (non-hydrogen) atoms. The molecule has 6 nitrogen and oxygen atoms in total. The van der Waals surface area contributed by atoms with Gasteiger partial charge in [-0.05, 0) is 39.2 Å². The van der Waals surface area contributed by atoms with Crippen LogP contribution < -0.4 is 5.32 Å². The van der Waals surface area contributed by atoms with Crippen molar-refractivity contribution in [3.05, 3.63) is 0 Å². The molecule has 3 atom stereocenters. The first-order valence-corrected chi connectivity index (χ1v) is 8.98. The summed E-state index contributed by atoms with van der Waals surface area (Å²) in [6.45, 7) is 4.59. The monoisotopic (exact) mass is 323 g/mol. The van der Waals surface area contributed by atoms with Crippen LogP contribution in [0, 0.1) is 5.92 Å². The van der Waals surface area contributed by atoms with Crippen LogP contribution in [0.5, 0.6) is 0 Å². The van der Waals surface area contributed by atoms with Crippen molar-refractivity contribution in [2.24, 2.45) is 5.92 Å². The maximum atomic E-state index is 12.5. The SMILES string of the molecule is C[C@]1(O)CCCC[C@H]1[C@H]1CCCN1CC(=O)N1CCNC(=O)C1. The smallest absolute Gasteiger partial charge is 0.239 e. The number of carbonyl (C=O) groups is 2. The van der Waals surface area contributed by atoms with Gasteiger partial charge in [-0.25, -0.2) is 0 Å². The van der Waals surface area contributed by atoms with Gasteiger partial charge in [0.05, 0.1) is 18.7 Å². The third-order valence-corrected chi connectivity index (χ3v) is 5.85. The molecule has 0 aromatic heterocycles. The van der Waals surface area contributed by atoms with Gasteiger partial charge in [0.1, 0.15) is 0 Å². The first-order chi connectivity index (χ1) is 11.0. The van der Waals surface area contributed by atoms with E-state index in [2.05, 4.69) is 10.2 Å². The van der Waals surface area contributed by atoms with Crippen molar-refractivity contribution in [1.29, 1.82) is 0 Å². The molecule has 2 heterocycles. The molecule has 2 saturated heterocycles. The van der Waals surface area contributed by atoms with Crippen molar-refractivity contribution in [2.45, 2.75) is 57.1 Å². The van der Waals surface area contributed by atoms with Gasteiger partial charge in [0.25, 0.3) is 0 Å². The van der Waals surface area contributed by atoms with Crippen molar-refractivity contribution >= 4 is 11.8 Å². The molecule has 0 aromatic rings. The minimum absolute atomic E-state index is 0.0437. The molecule has 0 aromatic carbocycles. The molecule has 2 amide bonds. The molecular weight excluding hydrogens is 294 g/mol. The lowest BCUT2D eigenvalue weighted by Gasteiger charge is -2.43. The molecule has 2 aliphatic heterocycles. The van der Waals surface area contributed by atoms with Crippen LogP contribution in [0.1, 0.15) is 45.4 Å². The Morgan fingerprint density at radius 1 is 1.30 bits per heavy atom. The van der Waals surface area contributed by atoms with Gasteiger partial charge >= 0.3 is 0 Å². The summed E-state index contributed by atoms with van der Waals surface area (Å²) >= 11 is 0. The number of nitrogens with one attached hydrogen (secondary N) is 1. The zero-order valence-corrected chi connectivity index (χ0v) is 14.1. The van der Waals surface area contributed by atoms with E-state index >= 15 is 0 Å². The lowest BCUT2D eigenvalue weighted by molar-refractivity contribution is -0.140. The summed E-state index contributed by atoms with van der Waals surface area (Å²) in [5.41, 5.74) is -0.612. The van der Waals surface area contributed by atoms with E-state index < -0.39 is 5.60 Å². The van der Waals surface area contributed by atoms with Crippen molar-refractivity contribution in [1.82, 2.24) is 15.1 Å². The predicted octanol–water partition coefficient (Wildman–Crippen LogP) is 0.350. The van der Waals surface area contributed by atoms with Crippen LogP contribution in [0.2, 0.25) is 0 Å². The number of carbonyl (C=O) groups excluding carboxylic acids is 2. The average Bonchev–Trinajstić information content (AvgIpc) is 2.94. The van der Waals surface area contributed by atoms with Crippen molar-refractivity contribution in [2.75, 3.05) is 32.7 Å². The van der Waals surface area contributed by atoms with E-state index in [4.69, 9.17) is 0 Å². The summed E-state index contributed by atoms with van der Waals surface area (Å²) in [6.07, 6.45) is 6.33. The highest BCUT2D eigenvalue weighted by atomic mass is 16.3. The third-order valence-electron chi connectivity index (χ3n) is 5.85. The maximum absolute atomic E-state index is 12.5. The summed E-state index contributed by atoms with van der Waals surface area (Å²) in [6, 6.07) is 0.299. The molecule has 0 radical (unpaired) electrons. The summed E-state index contributed by atoms with van der Waals surface area (Å²) in [7, 11) is 0. The minimum Gasteiger partial charge on any atom is -0.390 e. The molecule has 130 valence electrons. The first kappa shape index (κ1) is 16.7. The normalized spacial score (nSPS) is 36.1. The first-order valence-electron chi connectivity index (χ1n) is 8.98. The largest absolute Gasteiger partial charge is 0.390 e. The highest BCUT2D eigenvalue weighted by Crippen LogP contribution is 2.40. The van der Waals surface area contributed by atoms with Crippen molar-refractivity contribution < 1.29 is 14.7 Å². The van der Waals surface area contributed by atoms with E-state index in [-0.39, 0.29) is 24.3 Å². The van der Waals surface area contributed by atoms with Crippen LogP contribution in [0.4, 0.5) is 0 Å². The highest BCUT2D eigenvalue weighted by molar-refractivity contribution is 5.86. The van der Waals surface area contributed by atoms with Gasteiger partial charge in [-0.2, -0.15) is 0 Å². The van der Waals surface area contributed by atoms with Crippen molar-refractivity contribution in [3.8, 4) is 0 Å². The molecule has 0 bridgehead atoms. The number of hydrogen-bond donors (Lipinski definition) is 2. The number of piperazine rings is 1. The molecule has 3 fully saturated rings. The van der Waals surface area contributed by atoms with E-state index in [1.165, 1.54) is 6.42 Å². The Morgan fingerprint density at radius 2 is 2.13 bits per heavy atom. The van der Waals surface area contributed by atoms with E-state index in [0.717, 1.165) is 38.6 Å². The zero-order chi connectivity index (χ0) is 16.4. The van der Waals surface area contributed by atoms with Gasteiger partial charge in [-0.3, -0.25) is 14.5 Å². The van der Waals surface area contributed by atoms with Crippen LogP contribution in [0.15, 0.2) is 0 Å².